The van der Waals surface area contributed by atoms with Gasteiger partial charge in [0.1, 0.15) is 10.6 Å². The number of nitrogens with zero attached hydrogens (tertiary/aromatic N) is 9. The maximum atomic E-state index is 12.1. The Morgan fingerprint density at radius 3 is 1.20 bits per heavy atom. The van der Waals surface area contributed by atoms with Gasteiger partial charge in [-0.25, -0.2) is 32.4 Å². The topological polar surface area (TPSA) is 438 Å². The molecule has 0 aliphatic rings. The lowest BCUT2D eigenvalue weighted by Crippen LogP contribution is -2.31. The van der Waals surface area contributed by atoms with Crippen molar-refractivity contribution >= 4 is 135 Å². The average Bonchev–Trinajstić information content (AvgIpc) is 1.60. The highest BCUT2D eigenvalue weighted by Gasteiger charge is 2.31. The van der Waals surface area contributed by atoms with Gasteiger partial charge in [0.25, 0.3) is 0 Å². The molecule has 111 heavy (non-hydrogen) atoms. The largest absolute Gasteiger partial charge is 0.464 e. The van der Waals surface area contributed by atoms with Gasteiger partial charge in [0.15, 0.2) is 32.6 Å². The van der Waals surface area contributed by atoms with E-state index in [0.717, 1.165) is 56.3 Å². The van der Waals surface area contributed by atoms with E-state index in [9.17, 15) is 42.6 Å². The van der Waals surface area contributed by atoms with Crippen LogP contribution in [-0.2, 0) is 33.5 Å². The standard InChI is InChI=1S/C14H19N3O4.C12H15N3O2.C12H14N2O4S.C11H13N3O2.C11H12N2O2.C10H12N2.C9H10N2/c1-21-14(20)13-12(16(6-8-18)7-9-19)11(15)10-4-2-3-5-17(10)13;1-14(2)10-9(13)8-6-4-5-7-15(8)11(10)12(16)17-3;1-3-18-12(15)10-11(19(2,16)17)9(13)8-6-4-5-7-14(8)10;1-13-9-8(12)7-5-3-4-6-14(7)10(9)11(15)16-2;1-7-9(12)8-5-3-4-6-13(8)10(7)11(14)15-2;1-7-8(2)12-6-4-3-5-9(12)10(7)11;1-7-6-11-5-3-2-4-8(11)9(7)10/h2-5,18-19H,6-9,15H2,1H3;4-7H,13H2,1-3H3;4-7H,3,13H2,1-2H3;3-6,13H,12H2,1-2H3;3-6H,12H2,1-2H3;3-6H,11H2,1-2H3;2-6H,10H2,1H3. The van der Waals surface area contributed by atoms with E-state index in [4.69, 9.17) is 63.8 Å². The molecule has 586 valence electrons. The molecule has 0 atom stereocenters. The number of hydrogen-bond donors (Lipinski definition) is 10. The molecule has 14 heterocycles. The second-order valence-corrected chi connectivity index (χ2v) is 26.9. The molecule has 14 rings (SSSR count). The van der Waals surface area contributed by atoms with Crippen LogP contribution in [0.1, 0.15) is 81.8 Å². The van der Waals surface area contributed by atoms with Crippen molar-refractivity contribution in [3.8, 4) is 0 Å². The van der Waals surface area contributed by atoms with E-state index < -0.39 is 33.7 Å². The van der Waals surface area contributed by atoms with Crippen LogP contribution in [0, 0.1) is 27.7 Å². The molecule has 0 aliphatic heterocycles. The van der Waals surface area contributed by atoms with Crippen molar-refractivity contribution in [2.24, 2.45) is 0 Å². The number of rotatable bonds is 14. The van der Waals surface area contributed by atoms with Gasteiger partial charge in [-0.2, -0.15) is 0 Å². The summed E-state index contributed by atoms with van der Waals surface area (Å²) in [5.41, 5.74) is 59.0. The van der Waals surface area contributed by atoms with E-state index in [1.165, 1.54) is 44.1 Å². The Balaban J connectivity index is 0.000000164. The lowest BCUT2D eigenvalue weighted by Gasteiger charge is -2.23. The van der Waals surface area contributed by atoms with Crippen LogP contribution in [0.2, 0.25) is 0 Å². The predicted octanol–water partition coefficient (Wildman–Crippen LogP) is 9.51. The fraction of sp³-hybridized carbons (Fsp3) is 0.228. The Morgan fingerprint density at radius 1 is 0.432 bits per heavy atom. The molecule has 0 unspecified atom stereocenters. The van der Waals surface area contributed by atoms with Gasteiger partial charge < -0.3 is 120 Å². The van der Waals surface area contributed by atoms with Crippen molar-refractivity contribution in [1.82, 2.24) is 30.8 Å². The Hall–Kier alpha value is -13.5. The van der Waals surface area contributed by atoms with Crippen LogP contribution in [0.25, 0.3) is 38.6 Å². The number of aromatic nitrogens is 7. The van der Waals surface area contributed by atoms with Crippen LogP contribution >= 0.6 is 0 Å². The number of aryl methyl sites for hydroxylation is 2. The second kappa shape index (κ2) is 36.4. The number of sulfone groups is 1. The van der Waals surface area contributed by atoms with Crippen LogP contribution in [0.3, 0.4) is 0 Å². The third kappa shape index (κ3) is 17.1. The van der Waals surface area contributed by atoms with Crippen molar-refractivity contribution in [2.45, 2.75) is 39.5 Å². The number of fused-ring (bicyclic) bond motifs is 7. The molecule has 14 aromatic heterocycles. The summed E-state index contributed by atoms with van der Waals surface area (Å²) in [6.45, 7) is 10.0. The fourth-order valence-electron chi connectivity index (χ4n) is 12.6. The summed E-state index contributed by atoms with van der Waals surface area (Å²) in [4.78, 5) is 62.5. The second-order valence-electron chi connectivity index (χ2n) is 25.0. The highest BCUT2D eigenvalue weighted by atomic mass is 32.2. The number of hydrogen-bond acceptors (Lipinski definition) is 24. The molecule has 0 saturated carbocycles. The quantitative estimate of drug-likeness (QED) is 0.0357. The van der Waals surface area contributed by atoms with Gasteiger partial charge in [-0.3, -0.25) is 0 Å². The number of nitrogen functional groups attached to an aromatic ring is 7. The molecule has 0 aromatic carbocycles. The van der Waals surface area contributed by atoms with Crippen molar-refractivity contribution in [3.05, 3.63) is 228 Å². The summed E-state index contributed by atoms with van der Waals surface area (Å²) < 4.78 is 60.2. The minimum atomic E-state index is -3.64. The number of carbonyl (C=O) groups excluding carboxylic acids is 5. The number of anilines is 10. The number of aliphatic hydroxyl groups is 2. The lowest BCUT2D eigenvalue weighted by molar-refractivity contribution is 0.0510. The summed E-state index contributed by atoms with van der Waals surface area (Å²) in [6, 6.07) is 39.2. The van der Waals surface area contributed by atoms with Crippen molar-refractivity contribution in [1.29, 1.82) is 0 Å². The molecule has 31 nitrogen and oxygen atoms in total. The normalized spacial score (nSPS) is 10.8. The number of carbonyl (C=O) groups is 5. The third-order valence-corrected chi connectivity index (χ3v) is 19.2. The van der Waals surface area contributed by atoms with Crippen LogP contribution in [0.5, 0.6) is 0 Å². The highest BCUT2D eigenvalue weighted by molar-refractivity contribution is 7.91. The summed E-state index contributed by atoms with van der Waals surface area (Å²) in [5, 5.41) is 21.3. The van der Waals surface area contributed by atoms with E-state index in [1.807, 2.05) is 153 Å². The predicted molar refractivity (Wildman–Crippen MR) is 436 cm³/mol. The summed E-state index contributed by atoms with van der Waals surface area (Å²) >= 11 is 0. The zero-order valence-corrected chi connectivity index (χ0v) is 64.9. The Bertz CT molecular complexity index is 5780. The Morgan fingerprint density at radius 2 is 0.784 bits per heavy atom. The van der Waals surface area contributed by atoms with Gasteiger partial charge in [-0.15, -0.1) is 0 Å². The van der Waals surface area contributed by atoms with Gasteiger partial charge in [0.2, 0.25) is 0 Å². The molecular weight excluding hydrogens is 1440 g/mol. The first-order chi connectivity index (χ1) is 53.0. The van der Waals surface area contributed by atoms with Crippen LogP contribution in [0.15, 0.2) is 182 Å². The molecule has 0 fully saturated rings. The first-order valence-corrected chi connectivity index (χ1v) is 36.4. The summed E-state index contributed by atoms with van der Waals surface area (Å²) in [7, 11) is 7.14. The van der Waals surface area contributed by atoms with E-state index in [0.29, 0.717) is 67.9 Å². The molecule has 0 saturated heterocycles. The highest BCUT2D eigenvalue weighted by Crippen LogP contribution is 2.38. The molecular formula is C79H95N17O14S. The molecule has 14 aromatic rings. The van der Waals surface area contributed by atoms with Crippen molar-refractivity contribution < 1.29 is 66.3 Å². The number of aliphatic hydroxyl groups excluding tert-OH is 2. The maximum Gasteiger partial charge on any atom is 0.357 e. The number of pyridine rings is 7. The zero-order chi connectivity index (χ0) is 81.5. The van der Waals surface area contributed by atoms with Crippen molar-refractivity contribution in [3.63, 3.8) is 0 Å². The van der Waals surface area contributed by atoms with Gasteiger partial charge in [0, 0.05) is 101 Å². The van der Waals surface area contributed by atoms with Gasteiger partial charge in [-0.1, -0.05) is 42.5 Å². The van der Waals surface area contributed by atoms with Gasteiger partial charge in [-0.05, 0) is 131 Å². The van der Waals surface area contributed by atoms with Crippen LogP contribution in [0.4, 0.5) is 56.9 Å². The minimum Gasteiger partial charge on any atom is -0.464 e. The SMILES string of the molecule is CCOC(=O)c1c(S(C)(=O)=O)c(N)c2ccccn12.CNc1c(N)c2ccccn2c1C(=O)OC.COC(=O)c1c(C)c(N)c2ccccn12.COC(=O)c1c(N(C)C)c(N)c2ccccn12.COC(=O)c1c(N(CCO)CCO)c(N)c2ccccn12.Cc1c(N)c2ccccn2c1C.Cc1cn2ccccc2c1N. The number of esters is 5. The summed E-state index contributed by atoms with van der Waals surface area (Å²) in [6.07, 6.45) is 15.7. The number of nitrogens with two attached hydrogens (primary N) is 7. The molecule has 0 spiro atoms. The van der Waals surface area contributed by atoms with E-state index in [2.05, 4.69) is 23.6 Å². The van der Waals surface area contributed by atoms with Crippen LogP contribution < -0.4 is 55.3 Å². The third-order valence-electron chi connectivity index (χ3n) is 18.0. The van der Waals surface area contributed by atoms with Crippen LogP contribution in [-0.4, -0.2) is 168 Å². The smallest absolute Gasteiger partial charge is 0.357 e. The fourth-order valence-corrected chi connectivity index (χ4v) is 13.7. The monoisotopic (exact) mass is 1540 g/mol. The number of nitrogens with one attached hydrogen (secondary N) is 1. The molecule has 0 aliphatic carbocycles. The van der Waals surface area contributed by atoms with Gasteiger partial charge >= 0.3 is 29.8 Å². The molecule has 32 heteroatoms. The van der Waals surface area contributed by atoms with E-state index in [-0.39, 0.29) is 60.9 Å². The average molecular weight is 1540 g/mol. The Labute approximate surface area is 640 Å². The van der Waals surface area contributed by atoms with Gasteiger partial charge in [0.05, 0.1) is 144 Å². The zero-order valence-electron chi connectivity index (χ0n) is 64.0. The minimum absolute atomic E-state index is 0.0579. The number of methoxy groups -OCH3 is 4. The molecule has 0 bridgehead atoms. The maximum absolute atomic E-state index is 12.1. The summed E-state index contributed by atoms with van der Waals surface area (Å²) in [5.74, 6) is -2.41. The van der Waals surface area contributed by atoms with E-state index in [1.54, 1.807) is 97.8 Å². The number of ether oxygens (including phenoxy) is 5. The van der Waals surface area contributed by atoms with E-state index >= 15 is 0 Å². The Kier molecular flexibility index (Phi) is 27.3. The molecule has 17 N–H and O–H groups in total. The van der Waals surface area contributed by atoms with Crippen molar-refractivity contribution in [2.75, 3.05) is 144 Å². The molecule has 0 radical (unpaired) electrons. The first-order valence-electron chi connectivity index (χ1n) is 34.5. The molecule has 0 amide bonds. The lowest BCUT2D eigenvalue weighted by atomic mass is 10.2. The first kappa shape index (κ1) is 83.2.